The molecule has 4 atom stereocenters. The molecule has 0 spiro atoms. The summed E-state index contributed by atoms with van der Waals surface area (Å²) in [6.07, 6.45) is -2.63. The van der Waals surface area contributed by atoms with Crippen molar-refractivity contribution in [3.63, 3.8) is 0 Å². The van der Waals surface area contributed by atoms with Crippen molar-refractivity contribution >= 4 is 17.5 Å². The van der Waals surface area contributed by atoms with Crippen molar-refractivity contribution in [1.82, 2.24) is 0 Å². The molecule has 0 unspecified atom stereocenters. The highest BCUT2D eigenvalue weighted by molar-refractivity contribution is 6.23. The Balaban J connectivity index is 1.75. The Kier molecular flexibility index (Phi) is 2.76. The van der Waals surface area contributed by atoms with E-state index in [1.165, 1.54) is 0 Å². The summed E-state index contributed by atoms with van der Waals surface area (Å²) >= 11 is 0. The number of rotatable bonds is 1. The van der Waals surface area contributed by atoms with E-state index < -0.39 is 53.4 Å². The van der Waals surface area contributed by atoms with E-state index in [0.29, 0.717) is 17.0 Å². The van der Waals surface area contributed by atoms with E-state index in [4.69, 9.17) is 4.74 Å². The second-order valence-corrected chi connectivity index (χ2v) is 5.68. The van der Waals surface area contributed by atoms with E-state index in [-0.39, 0.29) is 5.69 Å². The summed E-state index contributed by atoms with van der Waals surface area (Å²) < 4.78 is 57.3. The van der Waals surface area contributed by atoms with E-state index in [2.05, 4.69) is 0 Å². The zero-order valence-electron chi connectivity index (χ0n) is 11.4. The molecule has 3 aliphatic rings. The lowest BCUT2D eigenvalue weighted by molar-refractivity contribution is -0.140. The zero-order valence-corrected chi connectivity index (χ0v) is 11.4. The van der Waals surface area contributed by atoms with Crippen molar-refractivity contribution in [2.75, 3.05) is 4.90 Å². The van der Waals surface area contributed by atoms with Crippen LogP contribution >= 0.6 is 0 Å². The van der Waals surface area contributed by atoms with Gasteiger partial charge >= 0.3 is 6.18 Å². The van der Waals surface area contributed by atoms with Crippen LogP contribution in [0.1, 0.15) is 5.56 Å². The summed E-state index contributed by atoms with van der Waals surface area (Å²) in [6, 6.07) is 2.09. The average molecular weight is 327 g/mol. The highest BCUT2D eigenvalue weighted by Gasteiger charge is 2.61. The van der Waals surface area contributed by atoms with Gasteiger partial charge in [-0.1, -0.05) is 12.2 Å². The first-order valence-electron chi connectivity index (χ1n) is 6.87. The monoisotopic (exact) mass is 327 g/mol. The highest BCUT2D eigenvalue weighted by atomic mass is 19.4. The predicted octanol–water partition coefficient (Wildman–Crippen LogP) is 2.29. The number of halogens is 4. The number of alkyl halides is 3. The number of amides is 2. The molecule has 2 fully saturated rings. The standard InChI is InChI=1S/C15H9F4NO3/c16-8-2-1-6(5-7(8)15(17,18)19)20-13(21)11-9-3-4-10(23-9)12(11)14(20)22/h1-5,9-12H/t9-,10+,11-,12+. The molecular weight excluding hydrogens is 318 g/mol. The molecule has 4 rings (SSSR count). The third-order valence-electron chi connectivity index (χ3n) is 4.42. The second-order valence-electron chi connectivity index (χ2n) is 5.68. The van der Waals surface area contributed by atoms with Gasteiger partial charge in [-0.05, 0) is 18.2 Å². The van der Waals surface area contributed by atoms with Gasteiger partial charge in [-0.3, -0.25) is 9.59 Å². The number of ether oxygens (including phenoxy) is 1. The summed E-state index contributed by atoms with van der Waals surface area (Å²) in [4.78, 5) is 25.6. The van der Waals surface area contributed by atoms with Crippen LogP contribution in [0.5, 0.6) is 0 Å². The van der Waals surface area contributed by atoms with E-state index in [1.54, 1.807) is 12.2 Å². The maximum Gasteiger partial charge on any atom is 0.419 e. The van der Waals surface area contributed by atoms with Gasteiger partial charge in [0.25, 0.3) is 0 Å². The van der Waals surface area contributed by atoms with Crippen LogP contribution in [0, 0.1) is 17.7 Å². The van der Waals surface area contributed by atoms with Crippen LogP contribution in [0.2, 0.25) is 0 Å². The molecule has 0 aliphatic carbocycles. The fourth-order valence-electron chi connectivity index (χ4n) is 3.43. The molecule has 23 heavy (non-hydrogen) atoms. The molecule has 3 aliphatic heterocycles. The number of fused-ring (bicyclic) bond motifs is 5. The maximum atomic E-state index is 13.4. The zero-order chi connectivity index (χ0) is 16.5. The van der Waals surface area contributed by atoms with Crippen molar-refractivity contribution in [3.8, 4) is 0 Å². The Morgan fingerprint density at radius 1 is 1.00 bits per heavy atom. The Morgan fingerprint density at radius 3 is 2.09 bits per heavy atom. The number of hydrogen-bond acceptors (Lipinski definition) is 3. The van der Waals surface area contributed by atoms with Gasteiger partial charge in [0.2, 0.25) is 11.8 Å². The molecule has 3 heterocycles. The summed E-state index contributed by atoms with van der Waals surface area (Å²) in [7, 11) is 0. The van der Waals surface area contributed by atoms with Crippen LogP contribution < -0.4 is 4.90 Å². The van der Waals surface area contributed by atoms with Gasteiger partial charge in [0, 0.05) is 0 Å². The first-order chi connectivity index (χ1) is 10.8. The van der Waals surface area contributed by atoms with Crippen molar-refractivity contribution < 1.29 is 31.9 Å². The van der Waals surface area contributed by atoms with Gasteiger partial charge in [0.1, 0.15) is 5.82 Å². The maximum absolute atomic E-state index is 13.4. The lowest BCUT2D eigenvalue weighted by Crippen LogP contribution is -2.34. The fourth-order valence-corrected chi connectivity index (χ4v) is 3.43. The van der Waals surface area contributed by atoms with Crippen molar-refractivity contribution in [2.24, 2.45) is 11.8 Å². The molecule has 2 amide bonds. The summed E-state index contributed by atoms with van der Waals surface area (Å²) in [5.74, 6) is -4.13. The Morgan fingerprint density at radius 2 is 1.57 bits per heavy atom. The molecule has 2 saturated heterocycles. The second kappa shape index (κ2) is 4.41. The summed E-state index contributed by atoms with van der Waals surface area (Å²) in [6.45, 7) is 0. The van der Waals surface area contributed by atoms with Crippen LogP contribution in [0.25, 0.3) is 0 Å². The molecule has 0 N–H and O–H groups in total. The molecule has 1 aromatic carbocycles. The van der Waals surface area contributed by atoms with Crippen LogP contribution in [0.3, 0.4) is 0 Å². The number of anilines is 1. The van der Waals surface area contributed by atoms with Crippen molar-refractivity contribution in [3.05, 3.63) is 41.7 Å². The van der Waals surface area contributed by atoms with Gasteiger partial charge in [-0.2, -0.15) is 13.2 Å². The smallest absolute Gasteiger partial charge is 0.365 e. The number of carbonyl (C=O) groups is 2. The van der Waals surface area contributed by atoms with Gasteiger partial charge in [0.05, 0.1) is 35.3 Å². The highest BCUT2D eigenvalue weighted by Crippen LogP contribution is 2.46. The largest absolute Gasteiger partial charge is 0.419 e. The Labute approximate surface area is 127 Å². The van der Waals surface area contributed by atoms with Crippen LogP contribution in [0.4, 0.5) is 23.2 Å². The van der Waals surface area contributed by atoms with E-state index in [0.717, 1.165) is 6.07 Å². The summed E-state index contributed by atoms with van der Waals surface area (Å²) in [5, 5.41) is 0. The quantitative estimate of drug-likeness (QED) is 0.452. The van der Waals surface area contributed by atoms with E-state index in [9.17, 15) is 27.2 Å². The molecule has 8 heteroatoms. The van der Waals surface area contributed by atoms with Crippen molar-refractivity contribution in [2.45, 2.75) is 18.4 Å². The Hall–Kier alpha value is -2.22. The van der Waals surface area contributed by atoms with E-state index >= 15 is 0 Å². The van der Waals surface area contributed by atoms with Crippen molar-refractivity contribution in [1.29, 1.82) is 0 Å². The van der Waals surface area contributed by atoms with Crippen LogP contribution in [-0.4, -0.2) is 24.0 Å². The van der Waals surface area contributed by atoms with Gasteiger partial charge in [-0.15, -0.1) is 0 Å². The molecule has 2 bridgehead atoms. The minimum Gasteiger partial charge on any atom is -0.365 e. The SMILES string of the molecule is O=C1[C@@H]2[C@H](C(=O)N1c1ccc(F)c(C(F)(F)F)c1)[C@H]1C=C[C@@H]2O1. The van der Waals surface area contributed by atoms with Gasteiger partial charge in [-0.25, -0.2) is 9.29 Å². The lowest BCUT2D eigenvalue weighted by atomic mass is 9.85. The molecule has 120 valence electrons. The van der Waals surface area contributed by atoms with E-state index in [1.807, 2.05) is 0 Å². The molecule has 0 aromatic heterocycles. The number of nitrogens with zero attached hydrogens (tertiary/aromatic N) is 1. The minimum atomic E-state index is -4.91. The third-order valence-corrected chi connectivity index (χ3v) is 4.42. The minimum absolute atomic E-state index is 0.275. The van der Waals surface area contributed by atoms with Crippen LogP contribution in [-0.2, 0) is 20.5 Å². The van der Waals surface area contributed by atoms with Gasteiger partial charge < -0.3 is 4.74 Å². The number of carbonyl (C=O) groups excluding carboxylic acids is 2. The lowest BCUT2D eigenvalue weighted by Gasteiger charge is -2.19. The van der Waals surface area contributed by atoms with Crippen LogP contribution in [0.15, 0.2) is 30.4 Å². The third kappa shape index (κ3) is 1.87. The number of benzene rings is 1. The fraction of sp³-hybridized carbons (Fsp3) is 0.333. The number of hydrogen-bond donors (Lipinski definition) is 0. The number of imide groups is 1. The summed E-state index contributed by atoms with van der Waals surface area (Å²) in [5.41, 5.74) is -1.78. The van der Waals surface area contributed by atoms with Gasteiger partial charge in [0.15, 0.2) is 0 Å². The normalized spacial score (nSPS) is 32.1. The molecule has 0 saturated carbocycles. The average Bonchev–Trinajstić information content (AvgIpc) is 3.13. The first kappa shape index (κ1) is 14.4. The first-order valence-corrected chi connectivity index (χ1v) is 6.87. The predicted molar refractivity (Wildman–Crippen MR) is 68.7 cm³/mol. The molecule has 4 nitrogen and oxygen atoms in total. The molecule has 0 radical (unpaired) electrons. The molecule has 1 aromatic rings. The molecular formula is C15H9F4NO3. The Bertz CT molecular complexity index is 728. The topological polar surface area (TPSA) is 46.6 Å².